The number of aromatic nitrogens is 2. The van der Waals surface area contributed by atoms with Gasteiger partial charge >= 0.3 is 6.09 Å². The zero-order valence-corrected chi connectivity index (χ0v) is 13.7. The van der Waals surface area contributed by atoms with Crippen molar-refractivity contribution >= 4 is 6.09 Å². The van der Waals surface area contributed by atoms with Gasteiger partial charge in [-0.05, 0) is 31.9 Å². The van der Waals surface area contributed by atoms with Gasteiger partial charge in [0.2, 0.25) is 0 Å². The van der Waals surface area contributed by atoms with Gasteiger partial charge in [-0.3, -0.25) is 4.68 Å². The van der Waals surface area contributed by atoms with E-state index >= 15 is 0 Å². The van der Waals surface area contributed by atoms with E-state index in [1.807, 2.05) is 51.2 Å². The van der Waals surface area contributed by atoms with Crippen molar-refractivity contribution in [2.24, 2.45) is 0 Å². The molecule has 0 unspecified atom stereocenters. The summed E-state index contributed by atoms with van der Waals surface area (Å²) in [6.45, 7) is 6.53. The minimum absolute atomic E-state index is 0.0442. The van der Waals surface area contributed by atoms with Crippen molar-refractivity contribution < 1.29 is 14.6 Å². The summed E-state index contributed by atoms with van der Waals surface area (Å²) < 4.78 is 6.99. The van der Waals surface area contributed by atoms with Crippen LogP contribution in [0.25, 0.3) is 0 Å². The van der Waals surface area contributed by atoms with Gasteiger partial charge in [-0.25, -0.2) is 4.79 Å². The summed E-state index contributed by atoms with van der Waals surface area (Å²) in [4.78, 5) is 11.6. The van der Waals surface area contributed by atoms with E-state index in [4.69, 9.17) is 9.84 Å². The smallest absolute Gasteiger partial charge is 0.407 e. The average Bonchev–Trinajstić information content (AvgIpc) is 2.92. The summed E-state index contributed by atoms with van der Waals surface area (Å²) >= 11 is 0. The largest absolute Gasteiger partial charge is 0.444 e. The van der Waals surface area contributed by atoms with E-state index < -0.39 is 11.7 Å². The molecular weight excluding hydrogens is 294 g/mol. The third-order valence-electron chi connectivity index (χ3n) is 3.07. The lowest BCUT2D eigenvalue weighted by molar-refractivity contribution is 0.0523. The summed E-state index contributed by atoms with van der Waals surface area (Å²) in [5, 5.41) is 16.0. The maximum atomic E-state index is 11.6. The molecule has 6 nitrogen and oxygen atoms in total. The monoisotopic (exact) mass is 317 g/mol. The second kappa shape index (κ2) is 7.28. The quantitative estimate of drug-likeness (QED) is 0.888. The second-order valence-electron chi connectivity index (χ2n) is 6.38. The van der Waals surface area contributed by atoms with Crippen LogP contribution in [0.4, 0.5) is 4.79 Å². The first-order chi connectivity index (χ1) is 10.9. The van der Waals surface area contributed by atoms with Gasteiger partial charge < -0.3 is 15.2 Å². The van der Waals surface area contributed by atoms with E-state index in [0.717, 1.165) is 16.7 Å². The van der Waals surface area contributed by atoms with Crippen LogP contribution in [0.5, 0.6) is 0 Å². The van der Waals surface area contributed by atoms with Gasteiger partial charge in [0, 0.05) is 18.3 Å². The molecule has 2 aromatic rings. The van der Waals surface area contributed by atoms with Gasteiger partial charge in [0.25, 0.3) is 0 Å². The molecule has 0 aliphatic rings. The number of carbonyl (C=O) groups excluding carboxylic acids is 1. The number of nitrogens with one attached hydrogen (secondary N) is 1. The Morgan fingerprint density at radius 1 is 1.22 bits per heavy atom. The summed E-state index contributed by atoms with van der Waals surface area (Å²) in [7, 11) is 0. The molecule has 1 aromatic heterocycles. The van der Waals surface area contributed by atoms with Crippen LogP contribution in [-0.2, 0) is 24.4 Å². The van der Waals surface area contributed by atoms with Gasteiger partial charge in [0.1, 0.15) is 5.60 Å². The van der Waals surface area contributed by atoms with Crippen molar-refractivity contribution in [2.45, 2.75) is 46.1 Å². The molecule has 1 heterocycles. The predicted octanol–water partition coefficient (Wildman–Crippen LogP) is 2.45. The van der Waals surface area contributed by atoms with Crippen LogP contribution in [0.1, 0.15) is 37.5 Å². The molecule has 1 amide bonds. The molecule has 124 valence electrons. The highest BCUT2D eigenvalue weighted by molar-refractivity contribution is 5.67. The highest BCUT2D eigenvalue weighted by Crippen LogP contribution is 2.08. The molecule has 0 atom stereocenters. The van der Waals surface area contributed by atoms with Crippen molar-refractivity contribution in [3.05, 3.63) is 53.3 Å². The molecule has 0 bridgehead atoms. The number of nitrogens with zero attached hydrogens (tertiary/aromatic N) is 2. The SMILES string of the molecule is CC(C)(C)OC(=O)NCc1cnn(Cc2ccc(CO)cc2)c1. The van der Waals surface area contributed by atoms with Crippen LogP contribution >= 0.6 is 0 Å². The molecule has 0 aliphatic heterocycles. The predicted molar refractivity (Wildman–Crippen MR) is 86.8 cm³/mol. The van der Waals surface area contributed by atoms with Gasteiger partial charge in [0.15, 0.2) is 0 Å². The summed E-state index contributed by atoms with van der Waals surface area (Å²) in [5.41, 5.74) is 2.38. The zero-order chi connectivity index (χ0) is 16.9. The van der Waals surface area contributed by atoms with Crippen LogP contribution in [0.2, 0.25) is 0 Å². The molecule has 23 heavy (non-hydrogen) atoms. The molecule has 0 fully saturated rings. The van der Waals surface area contributed by atoms with Crippen molar-refractivity contribution in [1.82, 2.24) is 15.1 Å². The number of aliphatic hydroxyl groups is 1. The molecular formula is C17H23N3O3. The molecule has 2 rings (SSSR count). The Kier molecular flexibility index (Phi) is 5.39. The van der Waals surface area contributed by atoms with Crippen molar-refractivity contribution in [2.75, 3.05) is 0 Å². The Morgan fingerprint density at radius 2 is 1.87 bits per heavy atom. The van der Waals surface area contributed by atoms with E-state index in [1.165, 1.54) is 0 Å². The second-order valence-corrected chi connectivity index (χ2v) is 6.38. The fourth-order valence-electron chi connectivity index (χ4n) is 2.01. The first-order valence-electron chi connectivity index (χ1n) is 7.52. The van der Waals surface area contributed by atoms with Crippen LogP contribution in [0.15, 0.2) is 36.7 Å². The Labute approximate surface area is 136 Å². The van der Waals surface area contributed by atoms with Crippen molar-refractivity contribution in [3.8, 4) is 0 Å². The molecule has 0 radical (unpaired) electrons. The van der Waals surface area contributed by atoms with Gasteiger partial charge in [-0.2, -0.15) is 5.10 Å². The summed E-state index contributed by atoms with van der Waals surface area (Å²) in [5.74, 6) is 0. The summed E-state index contributed by atoms with van der Waals surface area (Å²) in [6.07, 6.45) is 3.17. The van der Waals surface area contributed by atoms with Crippen molar-refractivity contribution in [1.29, 1.82) is 0 Å². The van der Waals surface area contributed by atoms with Gasteiger partial charge in [-0.15, -0.1) is 0 Å². The number of rotatable bonds is 5. The number of alkyl carbamates (subject to hydrolysis) is 1. The van der Waals surface area contributed by atoms with Crippen LogP contribution in [-0.4, -0.2) is 26.6 Å². The highest BCUT2D eigenvalue weighted by Gasteiger charge is 2.15. The number of ether oxygens (including phenoxy) is 1. The highest BCUT2D eigenvalue weighted by atomic mass is 16.6. The molecule has 0 saturated carbocycles. The van der Waals surface area contributed by atoms with Crippen LogP contribution < -0.4 is 5.32 Å². The fraction of sp³-hybridized carbons (Fsp3) is 0.412. The minimum atomic E-state index is -0.505. The lowest BCUT2D eigenvalue weighted by atomic mass is 10.1. The number of hydrogen-bond donors (Lipinski definition) is 2. The number of amides is 1. The molecule has 1 aromatic carbocycles. The fourth-order valence-corrected chi connectivity index (χ4v) is 2.01. The summed E-state index contributed by atoms with van der Waals surface area (Å²) in [6, 6.07) is 7.71. The third kappa shape index (κ3) is 5.75. The lowest BCUT2D eigenvalue weighted by Gasteiger charge is -2.19. The van der Waals surface area contributed by atoms with Crippen LogP contribution in [0, 0.1) is 0 Å². The number of aliphatic hydroxyl groups excluding tert-OH is 1. The molecule has 0 saturated heterocycles. The number of benzene rings is 1. The van der Waals surface area contributed by atoms with E-state index in [1.54, 1.807) is 10.9 Å². The average molecular weight is 317 g/mol. The van der Waals surface area contributed by atoms with Gasteiger partial charge in [0.05, 0.1) is 19.3 Å². The first-order valence-corrected chi connectivity index (χ1v) is 7.52. The Balaban J connectivity index is 1.86. The van der Waals surface area contributed by atoms with Gasteiger partial charge in [-0.1, -0.05) is 24.3 Å². The van der Waals surface area contributed by atoms with E-state index in [0.29, 0.717) is 13.1 Å². The maximum absolute atomic E-state index is 11.6. The Bertz CT molecular complexity index is 642. The maximum Gasteiger partial charge on any atom is 0.407 e. The van der Waals surface area contributed by atoms with E-state index in [-0.39, 0.29) is 6.61 Å². The molecule has 0 spiro atoms. The molecule has 6 heteroatoms. The normalized spacial score (nSPS) is 11.3. The first kappa shape index (κ1) is 17.0. The zero-order valence-electron chi connectivity index (χ0n) is 13.7. The Morgan fingerprint density at radius 3 is 2.48 bits per heavy atom. The van der Waals surface area contributed by atoms with E-state index in [2.05, 4.69) is 10.4 Å². The third-order valence-corrected chi connectivity index (χ3v) is 3.07. The van der Waals surface area contributed by atoms with E-state index in [9.17, 15) is 4.79 Å². The standard InChI is InChI=1S/C17H23N3O3/c1-17(2,3)23-16(22)18-8-15-9-19-20(11-15)10-13-4-6-14(12-21)7-5-13/h4-7,9,11,21H,8,10,12H2,1-3H3,(H,18,22). The van der Waals surface area contributed by atoms with Crippen LogP contribution in [0.3, 0.4) is 0 Å². The number of carbonyl (C=O) groups is 1. The molecule has 2 N–H and O–H groups in total. The molecule has 0 aliphatic carbocycles. The minimum Gasteiger partial charge on any atom is -0.444 e. The lowest BCUT2D eigenvalue weighted by Crippen LogP contribution is -2.32. The topological polar surface area (TPSA) is 76.4 Å². The van der Waals surface area contributed by atoms with Crippen molar-refractivity contribution in [3.63, 3.8) is 0 Å². The Hall–Kier alpha value is -2.34. The number of hydrogen-bond acceptors (Lipinski definition) is 4.